The highest BCUT2D eigenvalue weighted by atomic mass is 19.4. The zero-order valence-electron chi connectivity index (χ0n) is 17.9. The Morgan fingerprint density at radius 1 is 1.00 bits per heavy atom. The number of halogens is 3. The highest BCUT2D eigenvalue weighted by molar-refractivity contribution is 6.00. The van der Waals surface area contributed by atoms with Gasteiger partial charge in [-0.1, -0.05) is 32.9 Å². The van der Waals surface area contributed by atoms with E-state index in [1.165, 1.54) is 24.8 Å². The highest BCUT2D eigenvalue weighted by Gasteiger charge is 2.53. The second-order valence-electron chi connectivity index (χ2n) is 11.2. The number of hydrogen-bond donors (Lipinski definition) is 0. The Balaban J connectivity index is 1.61. The summed E-state index contributed by atoms with van der Waals surface area (Å²) in [5.74, 6) is 1.18. The van der Waals surface area contributed by atoms with Crippen molar-refractivity contribution in [2.45, 2.75) is 82.7 Å². The molecular formula is C25H29F3O2. The molecule has 1 aromatic rings. The summed E-state index contributed by atoms with van der Waals surface area (Å²) >= 11 is 0. The predicted octanol–water partition coefficient (Wildman–Crippen LogP) is 6.40. The number of benzene rings is 1. The second kappa shape index (κ2) is 6.37. The maximum atomic E-state index is 13.0. The number of ether oxygens (including phenoxy) is 1. The third kappa shape index (κ3) is 3.20. The topological polar surface area (TPSA) is 26.3 Å². The first-order valence-corrected chi connectivity index (χ1v) is 11.1. The van der Waals surface area contributed by atoms with Crippen molar-refractivity contribution >= 4 is 5.78 Å². The zero-order valence-corrected chi connectivity index (χ0v) is 17.9. The fraction of sp³-hybridized carbons (Fsp3) is 0.640. The van der Waals surface area contributed by atoms with E-state index in [0.717, 1.165) is 54.4 Å². The summed E-state index contributed by atoms with van der Waals surface area (Å²) in [6, 6.07) is 4.21. The molecule has 2 nitrogen and oxygen atoms in total. The van der Waals surface area contributed by atoms with Crippen LogP contribution < -0.4 is 4.74 Å². The molecule has 0 N–H and O–H groups in total. The molecule has 0 saturated heterocycles. The number of carbonyl (C=O) groups excluding carboxylic acids is 1. The normalized spacial score (nSPS) is 32.5. The van der Waals surface area contributed by atoms with Crippen LogP contribution in [0, 0.1) is 17.8 Å². The molecule has 162 valence electrons. The Kier molecular flexibility index (Phi) is 4.27. The number of alkyl halides is 3. The molecule has 6 rings (SSSR count). The van der Waals surface area contributed by atoms with Gasteiger partial charge in [0, 0.05) is 17.6 Å². The van der Waals surface area contributed by atoms with Crippen molar-refractivity contribution in [3.05, 3.63) is 40.7 Å². The fourth-order valence-electron chi connectivity index (χ4n) is 6.92. The first-order chi connectivity index (χ1) is 13.9. The van der Waals surface area contributed by atoms with Crippen LogP contribution in [0.3, 0.4) is 0 Å². The van der Waals surface area contributed by atoms with E-state index in [9.17, 15) is 18.0 Å². The average Bonchev–Trinajstić information content (AvgIpc) is 2.63. The lowest BCUT2D eigenvalue weighted by molar-refractivity contribution is -0.166. The molecule has 0 aromatic heterocycles. The fourth-order valence-corrected chi connectivity index (χ4v) is 6.92. The molecule has 1 aromatic carbocycles. The molecule has 5 heteroatoms. The molecule has 4 aliphatic carbocycles. The SMILES string of the molecule is CC(C)(C)c1cc2c(c(C34CC5CC(CC(C5)C3)C4)c1)OC=C(C(=O)C(F)(F)F)C2. The van der Waals surface area contributed by atoms with Crippen LogP contribution in [0.2, 0.25) is 0 Å². The summed E-state index contributed by atoms with van der Waals surface area (Å²) in [4.78, 5) is 11.8. The Morgan fingerprint density at radius 2 is 1.57 bits per heavy atom. The average molecular weight is 418 g/mol. The van der Waals surface area contributed by atoms with Gasteiger partial charge < -0.3 is 4.74 Å². The smallest absolute Gasteiger partial charge is 0.454 e. The highest BCUT2D eigenvalue weighted by Crippen LogP contribution is 2.62. The van der Waals surface area contributed by atoms with Gasteiger partial charge in [-0.15, -0.1) is 0 Å². The van der Waals surface area contributed by atoms with Crippen molar-refractivity contribution in [2.24, 2.45) is 17.8 Å². The number of allylic oxidation sites excluding steroid dienone is 1. The van der Waals surface area contributed by atoms with Crippen LogP contribution in [-0.4, -0.2) is 12.0 Å². The van der Waals surface area contributed by atoms with Gasteiger partial charge in [0.25, 0.3) is 5.78 Å². The Morgan fingerprint density at radius 3 is 2.07 bits per heavy atom. The first kappa shape index (κ1) is 20.1. The third-order valence-electron chi connectivity index (χ3n) is 7.89. The van der Waals surface area contributed by atoms with Crippen LogP contribution in [0.15, 0.2) is 24.0 Å². The van der Waals surface area contributed by atoms with Gasteiger partial charge in [0.2, 0.25) is 0 Å². The standard InChI is InChI=1S/C25H29F3O2/c1-23(2,3)19-8-17-7-18(22(29)25(26,27)28)13-30-21(17)20(9-19)24-10-14-4-15(11-24)6-16(5-14)12-24/h8-9,13-16H,4-7,10-12H2,1-3H3. The molecular weight excluding hydrogens is 389 g/mol. The van der Waals surface area contributed by atoms with Crippen LogP contribution in [0.25, 0.3) is 0 Å². The number of carbonyl (C=O) groups is 1. The first-order valence-electron chi connectivity index (χ1n) is 11.1. The van der Waals surface area contributed by atoms with E-state index in [0.29, 0.717) is 5.75 Å². The van der Waals surface area contributed by atoms with Gasteiger partial charge in [-0.2, -0.15) is 13.2 Å². The number of hydrogen-bond acceptors (Lipinski definition) is 2. The minimum atomic E-state index is -4.88. The lowest BCUT2D eigenvalue weighted by Crippen LogP contribution is -2.48. The van der Waals surface area contributed by atoms with Crippen molar-refractivity contribution in [3.8, 4) is 5.75 Å². The molecule has 5 aliphatic rings. The van der Waals surface area contributed by atoms with Crippen molar-refractivity contribution in [2.75, 3.05) is 0 Å². The minimum absolute atomic E-state index is 0.0169. The molecule has 1 aliphatic heterocycles. The van der Waals surface area contributed by atoms with Crippen LogP contribution in [0.5, 0.6) is 5.75 Å². The summed E-state index contributed by atoms with van der Waals surface area (Å²) in [6.45, 7) is 6.37. The van der Waals surface area contributed by atoms with E-state index < -0.39 is 12.0 Å². The molecule has 0 radical (unpaired) electrons. The number of Topliss-reactive ketones (excluding diaryl/α,β-unsaturated/α-hetero) is 1. The van der Waals surface area contributed by atoms with E-state index in [4.69, 9.17) is 4.74 Å². The quantitative estimate of drug-likeness (QED) is 0.555. The summed E-state index contributed by atoms with van der Waals surface area (Å²) in [6.07, 6.45) is 3.59. The summed E-state index contributed by atoms with van der Waals surface area (Å²) in [5.41, 5.74) is 2.64. The van der Waals surface area contributed by atoms with Gasteiger partial charge in [-0.25, -0.2) is 0 Å². The van der Waals surface area contributed by atoms with E-state index in [1.54, 1.807) is 0 Å². The van der Waals surface area contributed by atoms with Gasteiger partial charge >= 0.3 is 6.18 Å². The molecule has 0 spiro atoms. The number of rotatable bonds is 2. The van der Waals surface area contributed by atoms with Gasteiger partial charge in [0.15, 0.2) is 0 Å². The maximum Gasteiger partial charge on any atom is 0.454 e. The third-order valence-corrected chi connectivity index (χ3v) is 7.89. The van der Waals surface area contributed by atoms with Crippen molar-refractivity contribution in [1.82, 2.24) is 0 Å². The predicted molar refractivity (Wildman–Crippen MR) is 108 cm³/mol. The zero-order chi connectivity index (χ0) is 21.5. The molecule has 0 amide bonds. The van der Waals surface area contributed by atoms with E-state index >= 15 is 0 Å². The second-order valence-corrected chi connectivity index (χ2v) is 11.2. The molecule has 1 heterocycles. The monoisotopic (exact) mass is 418 g/mol. The van der Waals surface area contributed by atoms with Crippen LogP contribution in [0.4, 0.5) is 13.2 Å². The van der Waals surface area contributed by atoms with Crippen LogP contribution >= 0.6 is 0 Å². The van der Waals surface area contributed by atoms with Gasteiger partial charge in [0.05, 0.1) is 6.26 Å². The lowest BCUT2D eigenvalue weighted by Gasteiger charge is -2.57. The summed E-state index contributed by atoms with van der Waals surface area (Å²) in [5, 5.41) is 0. The largest absolute Gasteiger partial charge is 0.464 e. The van der Waals surface area contributed by atoms with Gasteiger partial charge in [0.1, 0.15) is 5.75 Å². The summed E-state index contributed by atoms with van der Waals surface area (Å²) in [7, 11) is 0. The molecule has 0 unspecified atom stereocenters. The van der Waals surface area contributed by atoms with Crippen molar-refractivity contribution in [1.29, 1.82) is 0 Å². The minimum Gasteiger partial charge on any atom is -0.464 e. The van der Waals surface area contributed by atoms with E-state index in [-0.39, 0.29) is 22.8 Å². The van der Waals surface area contributed by atoms with Crippen LogP contribution in [0.1, 0.15) is 76.0 Å². The van der Waals surface area contributed by atoms with Gasteiger partial charge in [-0.3, -0.25) is 4.79 Å². The Hall–Kier alpha value is -1.78. The Bertz CT molecular complexity index is 898. The van der Waals surface area contributed by atoms with Crippen molar-refractivity contribution < 1.29 is 22.7 Å². The maximum absolute atomic E-state index is 13.0. The number of ketones is 1. The molecule has 4 bridgehead atoms. The molecule has 30 heavy (non-hydrogen) atoms. The van der Waals surface area contributed by atoms with Crippen molar-refractivity contribution in [3.63, 3.8) is 0 Å². The van der Waals surface area contributed by atoms with E-state index in [1.807, 2.05) is 6.07 Å². The van der Waals surface area contributed by atoms with E-state index in [2.05, 4.69) is 26.8 Å². The van der Waals surface area contributed by atoms with Crippen LogP contribution in [-0.2, 0) is 22.0 Å². The summed E-state index contributed by atoms with van der Waals surface area (Å²) < 4.78 is 44.9. The molecule has 4 fully saturated rings. The molecule has 4 saturated carbocycles. The van der Waals surface area contributed by atoms with Gasteiger partial charge in [-0.05, 0) is 78.2 Å². The molecule has 0 atom stereocenters. The lowest BCUT2D eigenvalue weighted by atomic mass is 9.47. The Labute approximate surface area is 175 Å². The number of fused-ring (bicyclic) bond motifs is 1.